The molecule has 0 bridgehead atoms. The maximum absolute atomic E-state index is 13.3. The van der Waals surface area contributed by atoms with E-state index in [2.05, 4.69) is 15.4 Å². The lowest BCUT2D eigenvalue weighted by Crippen LogP contribution is -2.48. The maximum Gasteiger partial charge on any atom is 0.262 e. The molecule has 1 atom stereocenters. The number of rotatable bonds is 5. The molecule has 2 aromatic heterocycles. The summed E-state index contributed by atoms with van der Waals surface area (Å²) in [6.07, 6.45) is 0.180. The van der Waals surface area contributed by atoms with Crippen LogP contribution >= 0.6 is 11.3 Å². The van der Waals surface area contributed by atoms with Crippen LogP contribution < -0.4 is 5.32 Å². The second kappa shape index (κ2) is 7.44. The highest BCUT2D eigenvalue weighted by atomic mass is 32.1. The first-order valence-corrected chi connectivity index (χ1v) is 10.5. The predicted molar refractivity (Wildman–Crippen MR) is 115 cm³/mol. The molecule has 154 valence electrons. The van der Waals surface area contributed by atoms with Crippen LogP contribution in [-0.4, -0.2) is 43.3 Å². The molecule has 1 aliphatic rings. The Morgan fingerprint density at radius 2 is 1.68 bits per heavy atom. The first-order chi connectivity index (χ1) is 15.0. The van der Waals surface area contributed by atoms with Crippen molar-refractivity contribution in [3.8, 4) is 0 Å². The molecule has 5 rings (SSSR count). The number of hydrogen-bond donors (Lipinski definition) is 1. The van der Waals surface area contributed by atoms with Gasteiger partial charge in [0.15, 0.2) is 0 Å². The fourth-order valence-electron chi connectivity index (χ4n) is 3.67. The molecular weight excluding hydrogens is 414 g/mol. The first kappa shape index (κ1) is 19.1. The van der Waals surface area contributed by atoms with Crippen molar-refractivity contribution in [2.24, 2.45) is 0 Å². The SMILES string of the molecule is Cc1csc2nc(NC(=O)C(Cc3ccccc3)N3C(=O)c4ccccc4C3=O)nn12. The number of hydrogen-bond acceptors (Lipinski definition) is 6. The van der Waals surface area contributed by atoms with Crippen LogP contribution in [0.2, 0.25) is 0 Å². The van der Waals surface area contributed by atoms with Gasteiger partial charge in [-0.3, -0.25) is 24.6 Å². The van der Waals surface area contributed by atoms with Crippen LogP contribution in [0.5, 0.6) is 0 Å². The van der Waals surface area contributed by atoms with Crippen molar-refractivity contribution in [3.63, 3.8) is 0 Å². The summed E-state index contributed by atoms with van der Waals surface area (Å²) in [6.45, 7) is 1.89. The Bertz CT molecular complexity index is 1290. The van der Waals surface area contributed by atoms with Gasteiger partial charge in [0.1, 0.15) is 6.04 Å². The second-order valence-electron chi connectivity index (χ2n) is 7.23. The minimum Gasteiger partial charge on any atom is -0.291 e. The van der Waals surface area contributed by atoms with E-state index in [0.717, 1.165) is 16.2 Å². The standard InChI is InChI=1S/C22H17N5O3S/c1-13-12-31-22-24-21(25-27(13)22)23-18(28)17(11-14-7-3-2-4-8-14)26-19(29)15-9-5-6-10-16(15)20(26)30/h2-10,12,17H,11H2,1H3,(H,23,25,28). The molecular formula is C22H17N5O3S. The lowest BCUT2D eigenvalue weighted by molar-refractivity contribution is -0.120. The lowest BCUT2D eigenvalue weighted by Gasteiger charge is -2.25. The highest BCUT2D eigenvalue weighted by Crippen LogP contribution is 2.26. The monoisotopic (exact) mass is 431 g/mol. The van der Waals surface area contributed by atoms with Gasteiger partial charge in [-0.1, -0.05) is 42.5 Å². The molecule has 31 heavy (non-hydrogen) atoms. The van der Waals surface area contributed by atoms with E-state index in [0.29, 0.717) is 16.1 Å². The smallest absolute Gasteiger partial charge is 0.262 e. The van der Waals surface area contributed by atoms with E-state index in [9.17, 15) is 14.4 Å². The third kappa shape index (κ3) is 3.28. The van der Waals surface area contributed by atoms with E-state index in [1.54, 1.807) is 28.8 Å². The van der Waals surface area contributed by atoms with Crippen LogP contribution in [0, 0.1) is 6.92 Å². The molecule has 0 aliphatic carbocycles. The summed E-state index contributed by atoms with van der Waals surface area (Å²) < 4.78 is 1.63. The average molecular weight is 431 g/mol. The molecule has 4 aromatic rings. The quantitative estimate of drug-likeness (QED) is 0.490. The van der Waals surface area contributed by atoms with E-state index in [4.69, 9.17) is 0 Å². The Balaban J connectivity index is 1.49. The lowest BCUT2D eigenvalue weighted by atomic mass is 10.0. The van der Waals surface area contributed by atoms with E-state index in [1.165, 1.54) is 11.3 Å². The number of benzene rings is 2. The van der Waals surface area contributed by atoms with Gasteiger partial charge in [0, 0.05) is 11.8 Å². The van der Waals surface area contributed by atoms with Gasteiger partial charge in [0.05, 0.1) is 16.8 Å². The van der Waals surface area contributed by atoms with Gasteiger partial charge in [-0.15, -0.1) is 16.4 Å². The molecule has 1 unspecified atom stereocenters. The molecule has 0 spiro atoms. The van der Waals surface area contributed by atoms with Crippen LogP contribution in [0.15, 0.2) is 60.0 Å². The largest absolute Gasteiger partial charge is 0.291 e. The van der Waals surface area contributed by atoms with Crippen molar-refractivity contribution in [2.45, 2.75) is 19.4 Å². The Hall–Kier alpha value is -3.85. The Labute approximate surface area is 181 Å². The number of nitrogens with one attached hydrogen (secondary N) is 1. The summed E-state index contributed by atoms with van der Waals surface area (Å²) >= 11 is 1.41. The minimum atomic E-state index is -1.04. The Morgan fingerprint density at radius 1 is 1.03 bits per heavy atom. The Kier molecular flexibility index (Phi) is 4.59. The van der Waals surface area contributed by atoms with Crippen LogP contribution in [0.4, 0.5) is 5.95 Å². The zero-order valence-corrected chi connectivity index (χ0v) is 17.3. The summed E-state index contributed by atoms with van der Waals surface area (Å²) in [5.74, 6) is -1.35. The number of thiazole rings is 1. The van der Waals surface area contributed by atoms with E-state index < -0.39 is 23.8 Å². The summed E-state index contributed by atoms with van der Waals surface area (Å²) in [5, 5.41) is 8.90. The van der Waals surface area contributed by atoms with Gasteiger partial charge in [0.2, 0.25) is 10.9 Å². The van der Waals surface area contributed by atoms with E-state index >= 15 is 0 Å². The number of aryl methyl sites for hydroxylation is 1. The molecule has 0 radical (unpaired) electrons. The van der Waals surface area contributed by atoms with Crippen molar-refractivity contribution < 1.29 is 14.4 Å². The molecule has 3 heterocycles. The third-order valence-corrected chi connectivity index (χ3v) is 6.13. The second-order valence-corrected chi connectivity index (χ2v) is 8.06. The predicted octanol–water partition coefficient (Wildman–Crippen LogP) is 2.95. The average Bonchev–Trinajstić information content (AvgIpc) is 3.41. The van der Waals surface area contributed by atoms with Crippen LogP contribution in [0.25, 0.3) is 4.96 Å². The van der Waals surface area contributed by atoms with E-state index in [1.807, 2.05) is 42.6 Å². The zero-order chi connectivity index (χ0) is 21.5. The minimum absolute atomic E-state index is 0.134. The van der Waals surface area contributed by atoms with Gasteiger partial charge < -0.3 is 0 Å². The van der Waals surface area contributed by atoms with Crippen LogP contribution in [0.1, 0.15) is 32.0 Å². The van der Waals surface area contributed by atoms with Gasteiger partial charge in [0.25, 0.3) is 17.8 Å². The van der Waals surface area contributed by atoms with Gasteiger partial charge >= 0.3 is 0 Å². The number of amides is 3. The molecule has 1 N–H and O–H groups in total. The fraction of sp³-hybridized carbons (Fsp3) is 0.136. The summed E-state index contributed by atoms with van der Waals surface area (Å²) in [4.78, 5) is 45.4. The fourth-order valence-corrected chi connectivity index (χ4v) is 4.47. The molecule has 0 saturated carbocycles. The molecule has 0 saturated heterocycles. The van der Waals surface area contributed by atoms with Crippen molar-refractivity contribution in [3.05, 3.63) is 82.4 Å². The van der Waals surface area contributed by atoms with Crippen molar-refractivity contribution in [1.82, 2.24) is 19.5 Å². The normalized spacial score (nSPS) is 14.2. The highest BCUT2D eigenvalue weighted by Gasteiger charge is 2.42. The molecule has 2 aromatic carbocycles. The maximum atomic E-state index is 13.3. The molecule has 8 nitrogen and oxygen atoms in total. The number of aromatic nitrogens is 3. The molecule has 3 amide bonds. The third-order valence-electron chi connectivity index (χ3n) is 5.19. The number of nitrogens with zero attached hydrogens (tertiary/aromatic N) is 4. The highest BCUT2D eigenvalue weighted by molar-refractivity contribution is 7.15. The zero-order valence-electron chi connectivity index (χ0n) is 16.5. The number of anilines is 1. The molecule has 0 fully saturated rings. The number of carbonyl (C=O) groups excluding carboxylic acids is 3. The number of carbonyl (C=O) groups is 3. The van der Waals surface area contributed by atoms with Gasteiger partial charge in [-0.25, -0.2) is 4.52 Å². The van der Waals surface area contributed by atoms with Gasteiger partial charge in [-0.05, 0) is 24.6 Å². The van der Waals surface area contributed by atoms with Crippen molar-refractivity contribution in [1.29, 1.82) is 0 Å². The van der Waals surface area contributed by atoms with Crippen molar-refractivity contribution >= 4 is 40.0 Å². The Morgan fingerprint density at radius 3 is 2.32 bits per heavy atom. The summed E-state index contributed by atoms with van der Waals surface area (Å²) in [7, 11) is 0. The summed E-state index contributed by atoms with van der Waals surface area (Å²) in [5.41, 5.74) is 2.33. The van der Waals surface area contributed by atoms with Gasteiger partial charge in [-0.2, -0.15) is 4.98 Å². The first-order valence-electron chi connectivity index (χ1n) is 9.65. The summed E-state index contributed by atoms with van der Waals surface area (Å²) in [6, 6.07) is 14.8. The topological polar surface area (TPSA) is 96.7 Å². The number of imide groups is 1. The number of fused-ring (bicyclic) bond motifs is 2. The van der Waals surface area contributed by atoms with Crippen molar-refractivity contribution in [2.75, 3.05) is 5.32 Å². The van der Waals surface area contributed by atoms with Crippen LogP contribution in [0.3, 0.4) is 0 Å². The molecule has 9 heteroatoms. The van der Waals surface area contributed by atoms with E-state index in [-0.39, 0.29) is 12.4 Å². The van der Waals surface area contributed by atoms with Crippen LogP contribution in [-0.2, 0) is 11.2 Å². The molecule has 1 aliphatic heterocycles.